The second kappa shape index (κ2) is 8.07. The topological polar surface area (TPSA) is 67.2 Å². The summed E-state index contributed by atoms with van der Waals surface area (Å²) in [5.41, 5.74) is 1.03. The van der Waals surface area contributed by atoms with Gasteiger partial charge in [-0.2, -0.15) is 5.10 Å². The van der Waals surface area contributed by atoms with Crippen LogP contribution in [0.5, 0.6) is 0 Å². The molecule has 2 aromatic rings. The molecule has 1 saturated heterocycles. The zero-order valence-electron chi connectivity index (χ0n) is 14.5. The lowest BCUT2D eigenvalue weighted by Crippen LogP contribution is -2.40. The van der Waals surface area contributed by atoms with Crippen molar-refractivity contribution in [3.05, 3.63) is 64.1 Å². The maximum atomic E-state index is 12.4. The summed E-state index contributed by atoms with van der Waals surface area (Å²) >= 11 is 0. The van der Waals surface area contributed by atoms with E-state index in [1.807, 2.05) is 30.3 Å². The van der Waals surface area contributed by atoms with E-state index in [1.165, 1.54) is 23.2 Å². The van der Waals surface area contributed by atoms with E-state index < -0.39 is 0 Å². The predicted molar refractivity (Wildman–Crippen MR) is 96.6 cm³/mol. The molecule has 1 aromatic carbocycles. The Morgan fingerprint density at radius 1 is 1.24 bits per heavy atom. The molecule has 0 saturated carbocycles. The minimum Gasteiger partial charge on any atom is -0.349 e. The van der Waals surface area contributed by atoms with Crippen LogP contribution >= 0.6 is 0 Å². The number of hydrogen-bond acceptors (Lipinski definition) is 4. The monoisotopic (exact) mass is 340 g/mol. The number of hydrogen-bond donors (Lipinski definition) is 1. The molecule has 0 radical (unpaired) electrons. The third-order valence-electron chi connectivity index (χ3n) is 4.68. The molecule has 0 unspecified atom stereocenters. The van der Waals surface area contributed by atoms with Crippen LogP contribution in [0.4, 0.5) is 0 Å². The number of nitrogens with one attached hydrogen (secondary N) is 1. The number of amides is 1. The van der Waals surface area contributed by atoms with Crippen LogP contribution < -0.4 is 10.9 Å². The highest BCUT2D eigenvalue weighted by Crippen LogP contribution is 2.15. The van der Waals surface area contributed by atoms with Gasteiger partial charge in [-0.05, 0) is 37.6 Å². The molecule has 1 amide bonds. The molecule has 1 aliphatic rings. The van der Waals surface area contributed by atoms with Gasteiger partial charge in [0, 0.05) is 18.7 Å². The summed E-state index contributed by atoms with van der Waals surface area (Å²) in [4.78, 5) is 26.8. The van der Waals surface area contributed by atoms with Gasteiger partial charge in [0.25, 0.3) is 11.5 Å². The van der Waals surface area contributed by atoms with Crippen molar-refractivity contribution in [1.82, 2.24) is 20.0 Å². The van der Waals surface area contributed by atoms with Crippen LogP contribution in [-0.2, 0) is 6.54 Å². The number of carbonyl (C=O) groups is 1. The number of rotatable bonds is 6. The average Bonchev–Trinajstić information content (AvgIpc) is 3.10. The van der Waals surface area contributed by atoms with Crippen LogP contribution in [0.25, 0.3) is 0 Å². The van der Waals surface area contributed by atoms with Crippen LogP contribution in [0.15, 0.2) is 47.3 Å². The van der Waals surface area contributed by atoms with Crippen molar-refractivity contribution >= 4 is 5.91 Å². The van der Waals surface area contributed by atoms with E-state index >= 15 is 0 Å². The SMILES string of the molecule is CCN1CCC[C@@H]1CNC(=O)c1ccc(=O)n(Cc2ccccc2)n1. The Morgan fingerprint density at radius 3 is 2.80 bits per heavy atom. The summed E-state index contributed by atoms with van der Waals surface area (Å²) in [6.07, 6.45) is 2.28. The maximum Gasteiger partial charge on any atom is 0.271 e. The first-order chi connectivity index (χ1) is 12.2. The number of carbonyl (C=O) groups excluding carboxylic acids is 1. The highest BCUT2D eigenvalue weighted by atomic mass is 16.2. The fourth-order valence-electron chi connectivity index (χ4n) is 3.28. The van der Waals surface area contributed by atoms with Gasteiger partial charge in [-0.3, -0.25) is 14.5 Å². The molecule has 0 spiro atoms. The van der Waals surface area contributed by atoms with Crippen molar-refractivity contribution in [2.24, 2.45) is 0 Å². The zero-order chi connectivity index (χ0) is 17.6. The van der Waals surface area contributed by atoms with Crippen molar-refractivity contribution in [3.63, 3.8) is 0 Å². The van der Waals surface area contributed by atoms with Gasteiger partial charge in [0.2, 0.25) is 0 Å². The third kappa shape index (κ3) is 4.33. The summed E-state index contributed by atoms with van der Waals surface area (Å²) in [6.45, 7) is 5.21. The number of aromatic nitrogens is 2. The summed E-state index contributed by atoms with van der Waals surface area (Å²) in [7, 11) is 0. The molecule has 0 bridgehead atoms. The lowest BCUT2D eigenvalue weighted by Gasteiger charge is -2.22. The largest absolute Gasteiger partial charge is 0.349 e. The van der Waals surface area contributed by atoms with E-state index in [-0.39, 0.29) is 17.2 Å². The third-order valence-corrected chi connectivity index (χ3v) is 4.68. The van der Waals surface area contributed by atoms with Crippen molar-refractivity contribution in [2.45, 2.75) is 32.4 Å². The first-order valence-electron chi connectivity index (χ1n) is 8.81. The van der Waals surface area contributed by atoms with E-state index in [0.29, 0.717) is 19.1 Å². The molecule has 2 heterocycles. The standard InChI is InChI=1S/C19H24N4O2/c1-2-22-12-6-9-16(22)13-20-19(25)17-10-11-18(24)23(21-17)14-15-7-4-3-5-8-15/h3-5,7-8,10-11,16H,2,6,9,12-14H2,1H3,(H,20,25)/t16-/m1/s1. The summed E-state index contributed by atoms with van der Waals surface area (Å²) in [6, 6.07) is 12.9. The average molecular weight is 340 g/mol. The summed E-state index contributed by atoms with van der Waals surface area (Å²) in [5, 5.41) is 7.19. The molecule has 0 aliphatic carbocycles. The first kappa shape index (κ1) is 17.4. The normalized spacial score (nSPS) is 17.6. The van der Waals surface area contributed by atoms with Gasteiger partial charge in [0.15, 0.2) is 0 Å². The van der Waals surface area contributed by atoms with Gasteiger partial charge in [-0.25, -0.2) is 4.68 Å². The first-order valence-corrected chi connectivity index (χ1v) is 8.81. The minimum absolute atomic E-state index is 0.214. The van der Waals surface area contributed by atoms with Crippen LogP contribution in [0.3, 0.4) is 0 Å². The van der Waals surface area contributed by atoms with Gasteiger partial charge in [0.1, 0.15) is 5.69 Å². The van der Waals surface area contributed by atoms with Crippen LogP contribution in [0, 0.1) is 0 Å². The fraction of sp³-hybridized carbons (Fsp3) is 0.421. The molecular formula is C19H24N4O2. The maximum absolute atomic E-state index is 12.4. The van der Waals surface area contributed by atoms with Crippen LogP contribution in [-0.4, -0.2) is 46.3 Å². The van der Waals surface area contributed by atoms with E-state index in [4.69, 9.17) is 0 Å². The molecule has 1 aliphatic heterocycles. The Bertz CT molecular complexity index is 772. The molecule has 6 nitrogen and oxygen atoms in total. The van der Waals surface area contributed by atoms with Gasteiger partial charge < -0.3 is 5.32 Å². The molecule has 132 valence electrons. The summed E-state index contributed by atoms with van der Waals surface area (Å²) in [5.74, 6) is -0.232. The lowest BCUT2D eigenvalue weighted by atomic mass is 10.2. The van der Waals surface area contributed by atoms with Crippen molar-refractivity contribution in [3.8, 4) is 0 Å². The quantitative estimate of drug-likeness (QED) is 0.865. The van der Waals surface area contributed by atoms with E-state index in [9.17, 15) is 9.59 Å². The number of likely N-dealkylation sites (N-methyl/N-ethyl adjacent to an activating group) is 1. The van der Waals surface area contributed by atoms with Crippen molar-refractivity contribution in [2.75, 3.05) is 19.6 Å². The Morgan fingerprint density at radius 2 is 2.04 bits per heavy atom. The molecule has 1 atom stereocenters. The molecule has 6 heteroatoms. The highest BCUT2D eigenvalue weighted by Gasteiger charge is 2.23. The van der Waals surface area contributed by atoms with Gasteiger partial charge >= 0.3 is 0 Å². The molecule has 1 fully saturated rings. The Hall–Kier alpha value is -2.47. The molecule has 3 rings (SSSR count). The number of nitrogens with zero attached hydrogens (tertiary/aromatic N) is 3. The van der Waals surface area contributed by atoms with E-state index in [2.05, 4.69) is 22.2 Å². The fourth-order valence-corrected chi connectivity index (χ4v) is 3.28. The lowest BCUT2D eigenvalue weighted by molar-refractivity contribution is 0.0934. The second-order valence-electron chi connectivity index (χ2n) is 6.33. The van der Waals surface area contributed by atoms with Crippen LogP contribution in [0.1, 0.15) is 35.8 Å². The van der Waals surface area contributed by atoms with E-state index in [1.54, 1.807) is 0 Å². The Balaban J connectivity index is 1.66. The van der Waals surface area contributed by atoms with Crippen molar-refractivity contribution in [1.29, 1.82) is 0 Å². The predicted octanol–water partition coefficient (Wildman–Crippen LogP) is 1.51. The van der Waals surface area contributed by atoms with Crippen molar-refractivity contribution < 1.29 is 4.79 Å². The highest BCUT2D eigenvalue weighted by molar-refractivity contribution is 5.92. The molecular weight excluding hydrogens is 316 g/mol. The van der Waals surface area contributed by atoms with Crippen LogP contribution in [0.2, 0.25) is 0 Å². The smallest absolute Gasteiger partial charge is 0.271 e. The Kier molecular flexibility index (Phi) is 5.60. The van der Waals surface area contributed by atoms with Gasteiger partial charge in [0.05, 0.1) is 6.54 Å². The van der Waals surface area contributed by atoms with Gasteiger partial charge in [-0.1, -0.05) is 37.3 Å². The molecule has 1 N–H and O–H groups in total. The Labute approximate surface area is 147 Å². The number of benzene rings is 1. The van der Waals surface area contributed by atoms with Gasteiger partial charge in [-0.15, -0.1) is 0 Å². The second-order valence-corrected chi connectivity index (χ2v) is 6.33. The summed E-state index contributed by atoms with van der Waals surface area (Å²) < 4.78 is 1.33. The number of likely N-dealkylation sites (tertiary alicyclic amines) is 1. The molecule has 1 aromatic heterocycles. The zero-order valence-corrected chi connectivity index (χ0v) is 14.5. The minimum atomic E-state index is -0.232. The van der Waals surface area contributed by atoms with E-state index in [0.717, 1.165) is 25.1 Å². The molecule has 25 heavy (non-hydrogen) atoms.